The number of halogens is 4. The van der Waals surface area contributed by atoms with Crippen molar-refractivity contribution in [2.45, 2.75) is 31.4 Å². The van der Waals surface area contributed by atoms with E-state index in [0.717, 1.165) is 23.2 Å². The number of hydrogen-bond donors (Lipinski definition) is 2. The normalized spacial score (nSPS) is 19.5. The molecule has 2 amide bonds. The minimum atomic E-state index is -3.11. The van der Waals surface area contributed by atoms with E-state index in [2.05, 4.69) is 5.32 Å². The predicted molar refractivity (Wildman–Crippen MR) is 99.0 cm³/mol. The molecule has 2 aliphatic heterocycles. The lowest BCUT2D eigenvalue weighted by Gasteiger charge is -2.34. The highest BCUT2D eigenvalue weighted by atomic mass is 19.3. The van der Waals surface area contributed by atoms with Crippen LogP contribution in [0.1, 0.15) is 45.3 Å². The number of fused-ring (bicyclic) bond motifs is 4. The number of nitrogens with one attached hydrogen (secondary N) is 1. The fraction of sp³-hybridized carbons (Fsp3) is 0.350. The smallest absolute Gasteiger partial charge is 0.274 e. The number of carbonyl (C=O) groups excluding carboxylic acids is 2. The number of pyridine rings is 1. The highest BCUT2D eigenvalue weighted by molar-refractivity contribution is 5.99. The zero-order valence-corrected chi connectivity index (χ0v) is 16.0. The predicted octanol–water partition coefficient (Wildman–Crippen LogP) is 2.19. The van der Waals surface area contributed by atoms with Crippen LogP contribution in [0.25, 0.3) is 0 Å². The molecule has 0 radical (unpaired) electrons. The molecule has 4 rings (SSSR count). The van der Waals surface area contributed by atoms with Gasteiger partial charge in [0.2, 0.25) is 5.43 Å². The van der Waals surface area contributed by atoms with E-state index in [1.807, 2.05) is 0 Å². The van der Waals surface area contributed by atoms with Gasteiger partial charge in [0.05, 0.1) is 12.6 Å². The van der Waals surface area contributed by atoms with E-state index in [4.69, 9.17) is 0 Å². The van der Waals surface area contributed by atoms with Crippen molar-refractivity contribution >= 4 is 11.8 Å². The maximum Gasteiger partial charge on any atom is 0.274 e. The number of benzene rings is 1. The molecule has 1 aromatic carbocycles. The minimum absolute atomic E-state index is 0.0335. The molecule has 1 fully saturated rings. The van der Waals surface area contributed by atoms with Gasteiger partial charge >= 0.3 is 0 Å². The molecule has 2 aliphatic rings. The van der Waals surface area contributed by atoms with Crippen molar-refractivity contribution in [3.63, 3.8) is 0 Å². The Morgan fingerprint density at radius 2 is 2.00 bits per heavy atom. The second-order valence-corrected chi connectivity index (χ2v) is 7.63. The number of carbonyl (C=O) groups is 2. The molecule has 1 aromatic heterocycles. The van der Waals surface area contributed by atoms with Crippen molar-refractivity contribution in [3.05, 3.63) is 63.1 Å². The van der Waals surface area contributed by atoms with Crippen LogP contribution in [-0.4, -0.2) is 45.4 Å². The summed E-state index contributed by atoms with van der Waals surface area (Å²) in [6, 6.07) is 2.11. The molecule has 0 spiro atoms. The summed E-state index contributed by atoms with van der Waals surface area (Å²) in [5.74, 6) is -7.69. The topological polar surface area (TPSA) is 91.6 Å². The molecule has 31 heavy (non-hydrogen) atoms. The SMILES string of the molecule is O=C(NCc1ccc(F)cc1F)c1cn2c(c(O)c1=O)C(=O)N1C[C@@H]2CCC(F)(F)C1. The molecule has 0 saturated carbocycles. The maximum absolute atomic E-state index is 14.0. The van der Waals surface area contributed by atoms with Crippen LogP contribution in [0.2, 0.25) is 0 Å². The standard InChI is InChI=1S/C20H17F4N3O4/c21-11-2-1-10(14(22)5-11)6-25-18(30)13-8-27-12-3-4-20(23,24)9-26(7-12)19(31)15(27)17(29)16(13)28/h1-2,5,8,12,29H,3-4,6-7,9H2,(H,25,30)/t12-/m0/s1. The lowest BCUT2D eigenvalue weighted by Crippen LogP contribution is -2.46. The third-order valence-corrected chi connectivity index (χ3v) is 5.49. The summed E-state index contributed by atoms with van der Waals surface area (Å²) in [7, 11) is 0. The highest BCUT2D eigenvalue weighted by Crippen LogP contribution is 2.36. The maximum atomic E-state index is 14.0. The highest BCUT2D eigenvalue weighted by Gasteiger charge is 2.44. The van der Waals surface area contributed by atoms with Gasteiger partial charge in [-0.05, 0) is 12.5 Å². The molecule has 11 heteroatoms. The molecule has 7 nitrogen and oxygen atoms in total. The van der Waals surface area contributed by atoms with Crippen molar-refractivity contribution in [3.8, 4) is 5.75 Å². The average Bonchev–Trinajstić information content (AvgIpc) is 2.84. The van der Waals surface area contributed by atoms with Gasteiger partial charge in [-0.1, -0.05) is 6.07 Å². The molecule has 2 N–H and O–H groups in total. The first kappa shape index (κ1) is 20.9. The summed E-state index contributed by atoms with van der Waals surface area (Å²) in [5.41, 5.74) is -2.15. The molecule has 2 aromatic rings. The molecule has 2 bridgehead atoms. The van der Waals surface area contributed by atoms with Gasteiger partial charge in [0.1, 0.15) is 17.2 Å². The summed E-state index contributed by atoms with van der Waals surface area (Å²) in [4.78, 5) is 38.5. The van der Waals surface area contributed by atoms with Crippen LogP contribution in [0, 0.1) is 11.6 Å². The molecule has 0 unspecified atom stereocenters. The van der Waals surface area contributed by atoms with Crippen LogP contribution in [0.3, 0.4) is 0 Å². The lowest BCUT2D eigenvalue weighted by atomic mass is 10.1. The fourth-order valence-corrected chi connectivity index (χ4v) is 3.89. The van der Waals surface area contributed by atoms with Gasteiger partial charge in [0, 0.05) is 37.3 Å². The van der Waals surface area contributed by atoms with Crippen LogP contribution < -0.4 is 10.7 Å². The van der Waals surface area contributed by atoms with Crippen LogP contribution in [0.4, 0.5) is 17.6 Å². The van der Waals surface area contributed by atoms with Gasteiger partial charge in [0.25, 0.3) is 17.7 Å². The second-order valence-electron chi connectivity index (χ2n) is 7.63. The summed E-state index contributed by atoms with van der Waals surface area (Å²) in [6.07, 6.45) is 0.518. The summed E-state index contributed by atoms with van der Waals surface area (Å²) >= 11 is 0. The van der Waals surface area contributed by atoms with E-state index in [9.17, 15) is 37.1 Å². The van der Waals surface area contributed by atoms with Gasteiger partial charge < -0.3 is 19.9 Å². The quantitative estimate of drug-likeness (QED) is 0.718. The van der Waals surface area contributed by atoms with Gasteiger partial charge in [-0.2, -0.15) is 0 Å². The van der Waals surface area contributed by atoms with Crippen LogP contribution >= 0.6 is 0 Å². The van der Waals surface area contributed by atoms with Crippen molar-refractivity contribution in [2.24, 2.45) is 0 Å². The van der Waals surface area contributed by atoms with E-state index in [1.54, 1.807) is 0 Å². The molecule has 0 aliphatic carbocycles. The van der Waals surface area contributed by atoms with Crippen molar-refractivity contribution < 1.29 is 32.3 Å². The van der Waals surface area contributed by atoms with E-state index in [-0.39, 0.29) is 25.1 Å². The molecular weight excluding hydrogens is 422 g/mol. The first-order valence-corrected chi connectivity index (χ1v) is 9.45. The average molecular weight is 439 g/mol. The molecule has 164 valence electrons. The number of aromatic hydroxyl groups is 1. The third-order valence-electron chi connectivity index (χ3n) is 5.49. The number of hydrogen-bond acceptors (Lipinski definition) is 4. The van der Waals surface area contributed by atoms with Crippen molar-refractivity contribution in [2.75, 3.05) is 13.1 Å². The van der Waals surface area contributed by atoms with E-state index >= 15 is 0 Å². The Kier molecular flexibility index (Phi) is 4.98. The molecule has 3 heterocycles. The summed E-state index contributed by atoms with van der Waals surface area (Å²) in [6.45, 7) is -1.23. The Morgan fingerprint density at radius 3 is 2.71 bits per heavy atom. The van der Waals surface area contributed by atoms with E-state index in [0.29, 0.717) is 6.07 Å². The lowest BCUT2D eigenvalue weighted by molar-refractivity contribution is -0.0258. The molecule has 1 saturated heterocycles. The van der Waals surface area contributed by atoms with E-state index < -0.39 is 70.8 Å². The minimum Gasteiger partial charge on any atom is -0.503 e. The van der Waals surface area contributed by atoms with Gasteiger partial charge in [-0.15, -0.1) is 0 Å². The molecular formula is C20H17F4N3O4. The Labute approximate surface area is 172 Å². The zero-order valence-electron chi connectivity index (χ0n) is 16.0. The van der Waals surface area contributed by atoms with E-state index in [1.165, 1.54) is 4.57 Å². The number of aromatic nitrogens is 1. The number of rotatable bonds is 3. The van der Waals surface area contributed by atoms with Gasteiger partial charge in [-0.3, -0.25) is 14.4 Å². The van der Waals surface area contributed by atoms with Crippen LogP contribution in [0.15, 0.2) is 29.2 Å². The monoisotopic (exact) mass is 439 g/mol. The van der Waals surface area contributed by atoms with Crippen molar-refractivity contribution in [1.82, 2.24) is 14.8 Å². The van der Waals surface area contributed by atoms with Gasteiger partial charge in [0.15, 0.2) is 11.4 Å². The Hall–Kier alpha value is -3.37. The largest absolute Gasteiger partial charge is 0.503 e. The van der Waals surface area contributed by atoms with Crippen LogP contribution in [-0.2, 0) is 6.54 Å². The van der Waals surface area contributed by atoms with Gasteiger partial charge in [-0.25, -0.2) is 17.6 Å². The summed E-state index contributed by atoms with van der Waals surface area (Å²) in [5, 5.41) is 12.6. The fourth-order valence-electron chi connectivity index (χ4n) is 3.89. The number of amides is 2. The van der Waals surface area contributed by atoms with Crippen LogP contribution in [0.5, 0.6) is 5.75 Å². The number of nitrogens with zero attached hydrogens (tertiary/aromatic N) is 2. The molecule has 1 atom stereocenters. The first-order valence-electron chi connectivity index (χ1n) is 9.45. The summed E-state index contributed by atoms with van der Waals surface area (Å²) < 4.78 is 55.9. The van der Waals surface area contributed by atoms with Crippen molar-refractivity contribution in [1.29, 1.82) is 0 Å². The zero-order chi connectivity index (χ0) is 22.5. The Morgan fingerprint density at radius 1 is 1.26 bits per heavy atom. The number of alkyl halides is 2. The first-order chi connectivity index (χ1) is 14.6. The second kappa shape index (κ2) is 7.40. The Bertz CT molecular complexity index is 1150. The Balaban J connectivity index is 1.66. The third kappa shape index (κ3) is 3.75.